The number of halogens is 1. The van der Waals surface area contributed by atoms with Gasteiger partial charge in [-0.25, -0.2) is 17.6 Å². The van der Waals surface area contributed by atoms with Gasteiger partial charge in [0.1, 0.15) is 5.82 Å². The molecule has 0 atom stereocenters. The Labute approximate surface area is 104 Å². The minimum absolute atomic E-state index is 0.0370. The van der Waals surface area contributed by atoms with Crippen LogP contribution in [0.15, 0.2) is 18.2 Å². The molecule has 1 N–H and O–H groups in total. The Bertz CT molecular complexity index is 571. The quantitative estimate of drug-likeness (QED) is 0.861. The van der Waals surface area contributed by atoms with Gasteiger partial charge < -0.3 is 10.0 Å². The van der Waals surface area contributed by atoms with Crippen LogP contribution in [0.3, 0.4) is 0 Å². The zero-order valence-corrected chi connectivity index (χ0v) is 10.3. The predicted molar refractivity (Wildman–Crippen MR) is 64.2 cm³/mol. The third-order valence-corrected chi connectivity index (χ3v) is 4.50. The largest absolute Gasteiger partial charge is 0.478 e. The zero-order valence-electron chi connectivity index (χ0n) is 9.47. The maximum atomic E-state index is 13.5. The van der Waals surface area contributed by atoms with E-state index in [1.807, 2.05) is 0 Å². The van der Waals surface area contributed by atoms with Crippen LogP contribution >= 0.6 is 0 Å². The van der Waals surface area contributed by atoms with Crippen molar-refractivity contribution in [2.24, 2.45) is 0 Å². The molecule has 1 heterocycles. The van der Waals surface area contributed by atoms with Crippen LogP contribution in [0.5, 0.6) is 0 Å². The van der Waals surface area contributed by atoms with Crippen molar-refractivity contribution in [3.63, 3.8) is 0 Å². The maximum Gasteiger partial charge on any atom is 0.338 e. The third kappa shape index (κ3) is 2.61. The fourth-order valence-corrected chi connectivity index (χ4v) is 3.05. The minimum atomic E-state index is -2.98. The average molecular weight is 273 g/mol. The average Bonchev–Trinajstić information content (AvgIpc) is 2.28. The van der Waals surface area contributed by atoms with Gasteiger partial charge in [-0.2, -0.15) is 0 Å². The topological polar surface area (TPSA) is 74.7 Å². The van der Waals surface area contributed by atoms with Crippen molar-refractivity contribution in [1.82, 2.24) is 0 Å². The summed E-state index contributed by atoms with van der Waals surface area (Å²) in [6.45, 7) is 0.600. The number of sulfone groups is 1. The van der Waals surface area contributed by atoms with Crippen molar-refractivity contribution >= 4 is 21.5 Å². The predicted octanol–water partition coefficient (Wildman–Crippen LogP) is 0.759. The molecular formula is C11H12FNO4S. The Morgan fingerprint density at radius 1 is 1.28 bits per heavy atom. The van der Waals surface area contributed by atoms with Gasteiger partial charge in [-0.3, -0.25) is 0 Å². The fraction of sp³-hybridized carbons (Fsp3) is 0.364. The first-order chi connectivity index (χ1) is 8.39. The van der Waals surface area contributed by atoms with Gasteiger partial charge in [0.2, 0.25) is 0 Å². The van der Waals surface area contributed by atoms with E-state index in [2.05, 4.69) is 0 Å². The number of carboxylic acids is 1. The second kappa shape index (κ2) is 4.56. The summed E-state index contributed by atoms with van der Waals surface area (Å²) in [7, 11) is -2.98. The molecule has 2 rings (SSSR count). The summed E-state index contributed by atoms with van der Waals surface area (Å²) in [6, 6.07) is 3.81. The third-order valence-electron chi connectivity index (χ3n) is 2.89. The number of hydrogen-bond donors (Lipinski definition) is 1. The number of benzene rings is 1. The first kappa shape index (κ1) is 12.8. The number of nitrogens with zero attached hydrogens (tertiary/aromatic N) is 1. The van der Waals surface area contributed by atoms with Crippen molar-refractivity contribution in [2.75, 3.05) is 29.5 Å². The number of aromatic carboxylic acids is 1. The smallest absolute Gasteiger partial charge is 0.338 e. The number of anilines is 1. The van der Waals surface area contributed by atoms with E-state index in [4.69, 9.17) is 5.11 Å². The van der Waals surface area contributed by atoms with Gasteiger partial charge in [-0.15, -0.1) is 0 Å². The Morgan fingerprint density at radius 2 is 1.89 bits per heavy atom. The molecule has 0 unspecified atom stereocenters. The molecule has 5 nitrogen and oxygen atoms in total. The summed E-state index contributed by atoms with van der Waals surface area (Å²) in [5, 5.41) is 8.70. The van der Waals surface area contributed by atoms with E-state index in [0.29, 0.717) is 18.8 Å². The van der Waals surface area contributed by atoms with Gasteiger partial charge in [0.15, 0.2) is 9.84 Å². The Morgan fingerprint density at radius 3 is 2.39 bits per heavy atom. The van der Waals surface area contributed by atoms with Crippen LogP contribution in [0, 0.1) is 5.82 Å². The molecule has 0 saturated carbocycles. The first-order valence-corrected chi connectivity index (χ1v) is 7.19. The lowest BCUT2D eigenvalue weighted by Gasteiger charge is -2.28. The Balaban J connectivity index is 2.21. The molecule has 1 aliphatic heterocycles. The summed E-state index contributed by atoms with van der Waals surface area (Å²) in [4.78, 5) is 12.4. The molecule has 0 spiro atoms. The first-order valence-electron chi connectivity index (χ1n) is 5.37. The van der Waals surface area contributed by atoms with Gasteiger partial charge in [-0.05, 0) is 18.2 Å². The molecule has 1 saturated heterocycles. The van der Waals surface area contributed by atoms with Crippen molar-refractivity contribution in [3.8, 4) is 0 Å². The van der Waals surface area contributed by atoms with Crippen LogP contribution in [0.1, 0.15) is 10.4 Å². The normalized spacial score (nSPS) is 18.6. The molecule has 1 aromatic carbocycles. The number of carboxylic acid groups (broad SMARTS) is 1. The van der Waals surface area contributed by atoms with Crippen molar-refractivity contribution in [2.45, 2.75) is 0 Å². The molecule has 0 bridgehead atoms. The number of carbonyl (C=O) groups is 1. The zero-order chi connectivity index (χ0) is 13.3. The van der Waals surface area contributed by atoms with E-state index in [0.717, 1.165) is 6.07 Å². The molecule has 7 heteroatoms. The highest BCUT2D eigenvalue weighted by molar-refractivity contribution is 7.91. The van der Waals surface area contributed by atoms with Crippen LogP contribution in [-0.2, 0) is 9.84 Å². The summed E-state index contributed by atoms with van der Waals surface area (Å²) in [6.07, 6.45) is 0. The lowest BCUT2D eigenvalue weighted by Crippen LogP contribution is -2.40. The van der Waals surface area contributed by atoms with Crippen LogP contribution in [0.4, 0.5) is 10.1 Å². The molecule has 0 amide bonds. The van der Waals surface area contributed by atoms with Crippen molar-refractivity contribution < 1.29 is 22.7 Å². The summed E-state index contributed by atoms with van der Waals surface area (Å²) < 4.78 is 36.0. The minimum Gasteiger partial charge on any atom is -0.478 e. The highest BCUT2D eigenvalue weighted by Gasteiger charge is 2.22. The van der Waals surface area contributed by atoms with Crippen LogP contribution in [-0.4, -0.2) is 44.1 Å². The molecule has 98 valence electrons. The Kier molecular flexibility index (Phi) is 3.25. The van der Waals surface area contributed by atoms with Gasteiger partial charge >= 0.3 is 5.97 Å². The lowest BCUT2D eigenvalue weighted by molar-refractivity contribution is 0.0692. The molecule has 1 fully saturated rings. The Hall–Kier alpha value is -1.63. The van der Waals surface area contributed by atoms with E-state index in [9.17, 15) is 17.6 Å². The summed E-state index contributed by atoms with van der Waals surface area (Å²) in [5.41, 5.74) is 0.121. The lowest BCUT2D eigenvalue weighted by atomic mass is 10.2. The fourth-order valence-electron chi connectivity index (χ4n) is 1.84. The van der Waals surface area contributed by atoms with Crippen molar-refractivity contribution in [1.29, 1.82) is 0 Å². The molecule has 1 aromatic rings. The molecule has 1 aliphatic rings. The SMILES string of the molecule is O=C(O)c1ccc(N2CCS(=O)(=O)CC2)cc1F. The second-order valence-corrected chi connectivity index (χ2v) is 6.41. The van der Waals surface area contributed by atoms with Crippen molar-refractivity contribution in [3.05, 3.63) is 29.6 Å². The van der Waals surface area contributed by atoms with Gasteiger partial charge in [0.05, 0.1) is 17.1 Å². The van der Waals surface area contributed by atoms with E-state index >= 15 is 0 Å². The van der Waals surface area contributed by atoms with E-state index in [1.165, 1.54) is 12.1 Å². The number of hydrogen-bond acceptors (Lipinski definition) is 4. The standard InChI is InChI=1S/C11H12FNO4S/c12-10-7-8(1-2-9(10)11(14)15)13-3-5-18(16,17)6-4-13/h1-2,7H,3-6H2,(H,14,15). The molecular weight excluding hydrogens is 261 g/mol. The highest BCUT2D eigenvalue weighted by Crippen LogP contribution is 2.20. The van der Waals surface area contributed by atoms with E-state index in [-0.39, 0.29) is 17.1 Å². The molecule has 18 heavy (non-hydrogen) atoms. The summed E-state index contributed by atoms with van der Waals surface area (Å²) >= 11 is 0. The highest BCUT2D eigenvalue weighted by atomic mass is 32.2. The summed E-state index contributed by atoms with van der Waals surface area (Å²) in [5.74, 6) is -2.06. The number of rotatable bonds is 2. The van der Waals surface area contributed by atoms with Crippen LogP contribution < -0.4 is 4.90 Å². The molecule has 0 aliphatic carbocycles. The van der Waals surface area contributed by atoms with E-state index in [1.54, 1.807) is 4.90 Å². The molecule has 0 aromatic heterocycles. The van der Waals surface area contributed by atoms with E-state index < -0.39 is 21.6 Å². The van der Waals surface area contributed by atoms with Gasteiger partial charge in [0.25, 0.3) is 0 Å². The van der Waals surface area contributed by atoms with Gasteiger partial charge in [-0.1, -0.05) is 0 Å². The monoisotopic (exact) mass is 273 g/mol. The van der Waals surface area contributed by atoms with Crippen LogP contribution in [0.25, 0.3) is 0 Å². The van der Waals surface area contributed by atoms with Gasteiger partial charge in [0, 0.05) is 18.8 Å². The van der Waals surface area contributed by atoms with Crippen LogP contribution in [0.2, 0.25) is 0 Å². The second-order valence-electron chi connectivity index (χ2n) is 4.11. The molecule has 0 radical (unpaired) electrons. The maximum absolute atomic E-state index is 13.5.